The molecule has 0 saturated carbocycles. The first kappa shape index (κ1) is 15.5. The first-order valence-corrected chi connectivity index (χ1v) is 6.47. The molecule has 0 radical (unpaired) electrons. The summed E-state index contributed by atoms with van der Waals surface area (Å²) < 4.78 is 31.9. The molecular weight excluding hydrogens is 308 g/mol. The molecule has 0 aromatic heterocycles. The van der Waals surface area contributed by atoms with E-state index >= 15 is 0 Å². The van der Waals surface area contributed by atoms with Crippen LogP contribution in [0.1, 0.15) is 6.42 Å². The van der Waals surface area contributed by atoms with E-state index in [1.807, 2.05) is 0 Å². The van der Waals surface area contributed by atoms with Gasteiger partial charge in [-0.15, -0.1) is 0 Å². The van der Waals surface area contributed by atoms with Gasteiger partial charge in [0, 0.05) is 19.0 Å². The normalized spacial score (nSPS) is 21.4. The number of ether oxygens (including phenoxy) is 1. The molecule has 1 amide bonds. The minimum Gasteiger partial charge on any atom is -0.484 e. The molecule has 1 N–H and O–H groups in total. The first-order chi connectivity index (χ1) is 9.82. The lowest BCUT2D eigenvalue weighted by molar-refractivity contribution is -0.150. The molecule has 0 bridgehead atoms. The molecule has 8 heteroatoms. The highest BCUT2D eigenvalue weighted by Crippen LogP contribution is 2.26. The van der Waals surface area contributed by atoms with Gasteiger partial charge in [0.2, 0.25) is 5.67 Å². The van der Waals surface area contributed by atoms with Gasteiger partial charge in [-0.25, -0.2) is 13.6 Å². The highest BCUT2D eigenvalue weighted by atomic mass is 35.5. The molecule has 1 aromatic carbocycles. The van der Waals surface area contributed by atoms with Gasteiger partial charge in [0.05, 0.1) is 11.6 Å². The van der Waals surface area contributed by atoms with E-state index in [1.165, 1.54) is 12.1 Å². The summed E-state index contributed by atoms with van der Waals surface area (Å²) in [6.07, 6.45) is -0.254. The second-order valence-electron chi connectivity index (χ2n) is 4.70. The van der Waals surface area contributed by atoms with Crippen LogP contribution in [0.4, 0.5) is 8.78 Å². The van der Waals surface area contributed by atoms with Crippen LogP contribution in [0.2, 0.25) is 5.02 Å². The summed E-state index contributed by atoms with van der Waals surface area (Å²) >= 11 is 5.56. The largest absolute Gasteiger partial charge is 0.484 e. The summed E-state index contributed by atoms with van der Waals surface area (Å²) in [4.78, 5) is 23.6. The topological polar surface area (TPSA) is 66.8 Å². The molecule has 2 rings (SSSR count). The van der Waals surface area contributed by atoms with Gasteiger partial charge in [-0.05, 0) is 12.1 Å². The zero-order valence-corrected chi connectivity index (χ0v) is 11.6. The second kappa shape index (κ2) is 5.85. The molecule has 1 saturated heterocycles. The molecular formula is C13H12ClF2NO4. The first-order valence-electron chi connectivity index (χ1n) is 6.10. The van der Waals surface area contributed by atoms with Gasteiger partial charge in [-0.1, -0.05) is 11.6 Å². The van der Waals surface area contributed by atoms with Crippen LogP contribution in [0.15, 0.2) is 18.2 Å². The van der Waals surface area contributed by atoms with Crippen LogP contribution in [0.25, 0.3) is 0 Å². The molecule has 5 nitrogen and oxygen atoms in total. The van der Waals surface area contributed by atoms with E-state index in [0.717, 1.165) is 11.0 Å². The van der Waals surface area contributed by atoms with Crippen molar-refractivity contribution in [3.05, 3.63) is 29.0 Å². The van der Waals surface area contributed by atoms with E-state index in [9.17, 15) is 18.4 Å². The van der Waals surface area contributed by atoms with Crippen molar-refractivity contribution in [2.24, 2.45) is 0 Å². The number of hydrogen-bond donors (Lipinski definition) is 1. The number of rotatable bonds is 4. The summed E-state index contributed by atoms with van der Waals surface area (Å²) in [7, 11) is 0. The quantitative estimate of drug-likeness (QED) is 0.920. The number of benzene rings is 1. The van der Waals surface area contributed by atoms with Gasteiger partial charge >= 0.3 is 5.97 Å². The lowest BCUT2D eigenvalue weighted by atomic mass is 10.1. The number of nitrogens with zero attached hydrogens (tertiary/aromatic N) is 1. The van der Waals surface area contributed by atoms with Crippen molar-refractivity contribution in [2.45, 2.75) is 12.1 Å². The molecule has 1 aliphatic heterocycles. The zero-order valence-electron chi connectivity index (χ0n) is 10.8. The molecule has 1 fully saturated rings. The summed E-state index contributed by atoms with van der Waals surface area (Å²) in [6, 6.07) is 3.61. The minimum atomic E-state index is -2.41. The van der Waals surface area contributed by atoms with Crippen LogP contribution in [0.5, 0.6) is 5.75 Å². The number of alkyl halides is 1. The average Bonchev–Trinajstić information content (AvgIpc) is 2.84. The molecule has 114 valence electrons. The van der Waals surface area contributed by atoms with Crippen molar-refractivity contribution in [3.63, 3.8) is 0 Å². The van der Waals surface area contributed by atoms with Crippen LogP contribution in [-0.2, 0) is 9.59 Å². The Morgan fingerprint density at radius 3 is 2.76 bits per heavy atom. The fraction of sp³-hybridized carbons (Fsp3) is 0.385. The highest BCUT2D eigenvalue weighted by molar-refractivity contribution is 6.30. The summed E-state index contributed by atoms with van der Waals surface area (Å²) in [5, 5.41) is 8.60. The number of amides is 1. The lowest BCUT2D eigenvalue weighted by Crippen LogP contribution is -2.40. The van der Waals surface area contributed by atoms with Crippen molar-refractivity contribution in [2.75, 3.05) is 19.7 Å². The lowest BCUT2D eigenvalue weighted by Gasteiger charge is -2.18. The van der Waals surface area contributed by atoms with Crippen LogP contribution in [0.3, 0.4) is 0 Å². The van der Waals surface area contributed by atoms with Gasteiger partial charge in [-0.2, -0.15) is 0 Å². The Morgan fingerprint density at radius 1 is 1.48 bits per heavy atom. The Labute approximate surface area is 124 Å². The Bertz CT molecular complexity index is 583. The van der Waals surface area contributed by atoms with Crippen molar-refractivity contribution >= 4 is 23.5 Å². The Morgan fingerprint density at radius 2 is 2.19 bits per heavy atom. The zero-order chi connectivity index (χ0) is 15.6. The average molecular weight is 320 g/mol. The smallest absolute Gasteiger partial charge is 0.343 e. The molecule has 1 aromatic rings. The number of carboxylic acids is 1. The van der Waals surface area contributed by atoms with Gasteiger partial charge in [-0.3, -0.25) is 4.79 Å². The monoisotopic (exact) mass is 319 g/mol. The maximum absolute atomic E-state index is 13.8. The number of likely N-dealkylation sites (tertiary alicyclic amines) is 1. The predicted molar refractivity (Wildman–Crippen MR) is 69.6 cm³/mol. The molecule has 1 atom stereocenters. The number of aliphatic carboxylic acids is 1. The predicted octanol–water partition coefficient (Wildman–Crippen LogP) is 1.88. The summed E-state index contributed by atoms with van der Waals surface area (Å²) in [5.41, 5.74) is -2.41. The SMILES string of the molecule is O=C(COc1ccc(F)c(Cl)c1)N1CCC(F)(C(=O)O)C1. The van der Waals surface area contributed by atoms with Crippen molar-refractivity contribution in [3.8, 4) is 5.75 Å². The van der Waals surface area contributed by atoms with E-state index in [2.05, 4.69) is 0 Å². The molecule has 0 aliphatic carbocycles. The number of carbonyl (C=O) groups excluding carboxylic acids is 1. The van der Waals surface area contributed by atoms with Gasteiger partial charge in [0.1, 0.15) is 11.6 Å². The van der Waals surface area contributed by atoms with Crippen LogP contribution in [0, 0.1) is 5.82 Å². The Balaban J connectivity index is 1.91. The third-order valence-electron chi connectivity index (χ3n) is 3.21. The van der Waals surface area contributed by atoms with E-state index in [1.54, 1.807) is 0 Å². The number of carboxylic acid groups (broad SMARTS) is 1. The summed E-state index contributed by atoms with van der Waals surface area (Å²) in [5.74, 6) is -2.54. The van der Waals surface area contributed by atoms with Crippen molar-refractivity contribution in [1.29, 1.82) is 0 Å². The molecule has 21 heavy (non-hydrogen) atoms. The number of halogens is 3. The van der Waals surface area contributed by atoms with E-state index in [4.69, 9.17) is 21.4 Å². The molecule has 1 aliphatic rings. The summed E-state index contributed by atoms with van der Waals surface area (Å²) in [6.45, 7) is -0.901. The van der Waals surface area contributed by atoms with E-state index < -0.39 is 36.5 Å². The van der Waals surface area contributed by atoms with Crippen molar-refractivity contribution < 1.29 is 28.2 Å². The molecule has 1 heterocycles. The molecule has 0 spiro atoms. The standard InChI is InChI=1S/C13H12ClF2NO4/c14-9-5-8(1-2-10(9)15)21-6-11(18)17-4-3-13(16,7-17)12(19)20/h1-2,5H,3-4,6-7H2,(H,19,20). The van der Waals surface area contributed by atoms with E-state index in [-0.39, 0.29) is 23.7 Å². The van der Waals surface area contributed by atoms with Crippen molar-refractivity contribution in [1.82, 2.24) is 4.90 Å². The maximum atomic E-state index is 13.8. The number of hydrogen-bond acceptors (Lipinski definition) is 3. The Hall–Kier alpha value is -1.89. The van der Waals surface area contributed by atoms with Gasteiger partial charge in [0.15, 0.2) is 6.61 Å². The molecule has 1 unspecified atom stereocenters. The third kappa shape index (κ3) is 3.41. The van der Waals surface area contributed by atoms with E-state index in [0.29, 0.717) is 0 Å². The minimum absolute atomic E-state index is 0.00909. The highest BCUT2D eigenvalue weighted by Gasteiger charge is 2.46. The Kier molecular flexibility index (Phi) is 4.32. The van der Waals surface area contributed by atoms with Gasteiger partial charge in [0.25, 0.3) is 5.91 Å². The fourth-order valence-electron chi connectivity index (χ4n) is 1.96. The van der Waals surface area contributed by atoms with Crippen LogP contribution in [-0.4, -0.2) is 47.2 Å². The maximum Gasteiger partial charge on any atom is 0.343 e. The van der Waals surface area contributed by atoms with Crippen LogP contribution >= 0.6 is 11.6 Å². The third-order valence-corrected chi connectivity index (χ3v) is 3.50. The number of carbonyl (C=O) groups is 2. The fourth-order valence-corrected chi connectivity index (χ4v) is 2.13. The second-order valence-corrected chi connectivity index (χ2v) is 5.11. The van der Waals surface area contributed by atoms with Crippen LogP contribution < -0.4 is 4.74 Å². The van der Waals surface area contributed by atoms with Gasteiger partial charge < -0.3 is 14.7 Å².